The van der Waals surface area contributed by atoms with Crippen LogP contribution in [0.4, 0.5) is 0 Å². The zero-order valence-electron chi connectivity index (χ0n) is 15.8. The molecule has 144 valence electrons. The van der Waals surface area contributed by atoms with E-state index in [1.54, 1.807) is 14.2 Å². The minimum Gasteiger partial charge on any atom is -0.496 e. The molecule has 3 rings (SSSR count). The summed E-state index contributed by atoms with van der Waals surface area (Å²) in [5.41, 5.74) is 1.10. The molecule has 6 nitrogen and oxygen atoms in total. The molecule has 0 aliphatic carbocycles. The Hall–Kier alpha value is -1.50. The van der Waals surface area contributed by atoms with Crippen LogP contribution >= 0.6 is 11.6 Å². The highest BCUT2D eigenvalue weighted by atomic mass is 35.5. The van der Waals surface area contributed by atoms with Crippen molar-refractivity contribution in [1.29, 1.82) is 0 Å². The predicted octanol–water partition coefficient (Wildman–Crippen LogP) is 2.14. The Morgan fingerprint density at radius 3 is 2.69 bits per heavy atom. The number of rotatable bonds is 4. The number of amides is 1. The molecule has 1 aromatic carbocycles. The molecule has 2 aliphatic heterocycles. The Morgan fingerprint density at radius 2 is 1.96 bits per heavy atom. The highest BCUT2D eigenvalue weighted by Crippen LogP contribution is 2.35. The first kappa shape index (κ1) is 19.3. The van der Waals surface area contributed by atoms with Gasteiger partial charge in [0.15, 0.2) is 0 Å². The van der Waals surface area contributed by atoms with Crippen molar-refractivity contribution in [2.45, 2.75) is 31.3 Å². The SMILES string of the molecule is COc1cc(OC)c(CN2CCN(C)[C@@]3(CCNC(=O)CC3)C2)cc1Cl. The van der Waals surface area contributed by atoms with E-state index in [-0.39, 0.29) is 11.4 Å². The lowest BCUT2D eigenvalue weighted by atomic mass is 9.86. The van der Waals surface area contributed by atoms with Gasteiger partial charge in [0.1, 0.15) is 11.5 Å². The summed E-state index contributed by atoms with van der Waals surface area (Å²) < 4.78 is 10.8. The molecular weight excluding hydrogens is 354 g/mol. The molecule has 1 atom stereocenters. The van der Waals surface area contributed by atoms with Crippen LogP contribution in [0, 0.1) is 0 Å². The maximum absolute atomic E-state index is 11.8. The number of ether oxygens (including phenoxy) is 2. The molecular formula is C19H28ClN3O3. The molecule has 0 aromatic heterocycles. The van der Waals surface area contributed by atoms with E-state index in [0.29, 0.717) is 17.2 Å². The number of likely N-dealkylation sites (N-methyl/N-ethyl adjacent to an activating group) is 1. The number of hydrogen-bond donors (Lipinski definition) is 1. The van der Waals surface area contributed by atoms with E-state index in [4.69, 9.17) is 21.1 Å². The molecule has 0 bridgehead atoms. The van der Waals surface area contributed by atoms with Crippen LogP contribution in [0.15, 0.2) is 12.1 Å². The Kier molecular flexibility index (Phi) is 5.95. The summed E-state index contributed by atoms with van der Waals surface area (Å²) in [6.07, 6.45) is 2.47. The molecule has 2 aliphatic rings. The molecule has 7 heteroatoms. The summed E-state index contributed by atoms with van der Waals surface area (Å²) in [6.45, 7) is 4.41. The van der Waals surface area contributed by atoms with Crippen molar-refractivity contribution in [3.8, 4) is 11.5 Å². The monoisotopic (exact) mass is 381 g/mol. The quantitative estimate of drug-likeness (QED) is 0.866. The van der Waals surface area contributed by atoms with Crippen molar-refractivity contribution in [3.63, 3.8) is 0 Å². The molecule has 2 saturated heterocycles. The van der Waals surface area contributed by atoms with Crippen LogP contribution in [0.25, 0.3) is 0 Å². The Bertz CT molecular complexity index is 670. The van der Waals surface area contributed by atoms with Crippen LogP contribution in [-0.2, 0) is 11.3 Å². The van der Waals surface area contributed by atoms with Gasteiger partial charge in [-0.05, 0) is 26.0 Å². The van der Waals surface area contributed by atoms with Crippen molar-refractivity contribution < 1.29 is 14.3 Å². The normalized spacial score (nSPS) is 25.0. The number of carbonyl (C=O) groups excluding carboxylic acids is 1. The van der Waals surface area contributed by atoms with Crippen molar-refractivity contribution >= 4 is 17.5 Å². The number of carbonyl (C=O) groups is 1. The van der Waals surface area contributed by atoms with Crippen LogP contribution in [0.3, 0.4) is 0 Å². The van der Waals surface area contributed by atoms with Crippen LogP contribution in [-0.4, -0.2) is 68.7 Å². The minimum absolute atomic E-state index is 0.0426. The lowest BCUT2D eigenvalue weighted by molar-refractivity contribution is -0.121. The third kappa shape index (κ3) is 3.92. The number of piperazine rings is 1. The Labute approximate surface area is 160 Å². The number of methoxy groups -OCH3 is 2. The zero-order valence-corrected chi connectivity index (χ0v) is 16.6. The van der Waals surface area contributed by atoms with E-state index in [1.165, 1.54) is 0 Å². The maximum atomic E-state index is 11.8. The van der Waals surface area contributed by atoms with Gasteiger partial charge >= 0.3 is 0 Å². The number of hydrogen-bond acceptors (Lipinski definition) is 5. The fourth-order valence-electron chi connectivity index (χ4n) is 4.10. The van der Waals surface area contributed by atoms with Crippen LogP contribution < -0.4 is 14.8 Å². The van der Waals surface area contributed by atoms with E-state index in [1.807, 2.05) is 12.1 Å². The van der Waals surface area contributed by atoms with Crippen molar-refractivity contribution in [3.05, 3.63) is 22.7 Å². The largest absolute Gasteiger partial charge is 0.496 e. The second-order valence-corrected chi connectivity index (χ2v) is 7.66. The fraction of sp³-hybridized carbons (Fsp3) is 0.632. The lowest BCUT2D eigenvalue weighted by Gasteiger charge is -2.49. The Balaban J connectivity index is 1.78. The van der Waals surface area contributed by atoms with Crippen molar-refractivity contribution in [2.75, 3.05) is 47.4 Å². The number of benzene rings is 1. The molecule has 1 N–H and O–H groups in total. The second-order valence-electron chi connectivity index (χ2n) is 7.26. The van der Waals surface area contributed by atoms with Gasteiger partial charge in [-0.3, -0.25) is 14.6 Å². The number of nitrogens with one attached hydrogen (secondary N) is 1. The zero-order chi connectivity index (χ0) is 18.7. The van der Waals surface area contributed by atoms with E-state index in [9.17, 15) is 4.79 Å². The maximum Gasteiger partial charge on any atom is 0.220 e. The number of halogens is 1. The highest BCUT2D eigenvalue weighted by Gasteiger charge is 2.40. The van der Waals surface area contributed by atoms with Gasteiger partial charge in [-0.25, -0.2) is 0 Å². The highest BCUT2D eigenvalue weighted by molar-refractivity contribution is 6.32. The van der Waals surface area contributed by atoms with Crippen molar-refractivity contribution in [1.82, 2.24) is 15.1 Å². The van der Waals surface area contributed by atoms with Gasteiger partial charge in [0.05, 0.1) is 19.2 Å². The Morgan fingerprint density at radius 1 is 1.19 bits per heavy atom. The van der Waals surface area contributed by atoms with Gasteiger partial charge in [0.2, 0.25) is 5.91 Å². The molecule has 1 amide bonds. The molecule has 0 radical (unpaired) electrons. The third-order valence-electron chi connectivity index (χ3n) is 5.76. The van der Waals surface area contributed by atoms with E-state index in [2.05, 4.69) is 22.2 Å². The molecule has 2 heterocycles. The molecule has 0 unspecified atom stereocenters. The molecule has 26 heavy (non-hydrogen) atoms. The molecule has 1 spiro atoms. The van der Waals surface area contributed by atoms with Crippen LogP contribution in [0.1, 0.15) is 24.8 Å². The van der Waals surface area contributed by atoms with E-state index >= 15 is 0 Å². The average Bonchev–Trinajstić information content (AvgIpc) is 2.81. The molecule has 1 aromatic rings. The minimum atomic E-state index is 0.0426. The first-order valence-corrected chi connectivity index (χ1v) is 9.46. The first-order valence-electron chi connectivity index (χ1n) is 9.08. The second kappa shape index (κ2) is 8.03. The summed E-state index contributed by atoms with van der Waals surface area (Å²) in [5, 5.41) is 3.60. The van der Waals surface area contributed by atoms with E-state index < -0.39 is 0 Å². The first-order chi connectivity index (χ1) is 12.5. The molecule has 2 fully saturated rings. The van der Waals surface area contributed by atoms with E-state index in [0.717, 1.165) is 56.9 Å². The summed E-state index contributed by atoms with van der Waals surface area (Å²) in [7, 11) is 5.45. The van der Waals surface area contributed by atoms with Crippen molar-refractivity contribution in [2.24, 2.45) is 0 Å². The van der Waals surface area contributed by atoms with Gasteiger partial charge in [0, 0.05) is 56.3 Å². The summed E-state index contributed by atoms with van der Waals surface area (Å²) in [6, 6.07) is 3.78. The smallest absolute Gasteiger partial charge is 0.220 e. The van der Waals surface area contributed by atoms with Crippen LogP contribution in [0.2, 0.25) is 5.02 Å². The van der Waals surface area contributed by atoms with Gasteiger partial charge in [0.25, 0.3) is 0 Å². The number of nitrogens with zero attached hydrogens (tertiary/aromatic N) is 2. The standard InChI is InChI=1S/C19H28ClN3O3/c1-22-8-9-23(13-19(22)5-4-18(24)21-7-6-19)12-14-10-15(20)17(26-3)11-16(14)25-2/h10-11H,4-9,12-13H2,1-3H3,(H,21,24)/t19-/m0/s1. The predicted molar refractivity (Wildman–Crippen MR) is 102 cm³/mol. The summed E-state index contributed by atoms with van der Waals surface area (Å²) >= 11 is 6.33. The van der Waals surface area contributed by atoms with Gasteiger partial charge in [-0.1, -0.05) is 11.6 Å². The summed E-state index contributed by atoms with van der Waals surface area (Å²) in [5.74, 6) is 1.57. The van der Waals surface area contributed by atoms with Gasteiger partial charge < -0.3 is 14.8 Å². The topological polar surface area (TPSA) is 54.0 Å². The van der Waals surface area contributed by atoms with Crippen LogP contribution in [0.5, 0.6) is 11.5 Å². The molecule has 0 saturated carbocycles. The van der Waals surface area contributed by atoms with Gasteiger partial charge in [-0.15, -0.1) is 0 Å². The average molecular weight is 382 g/mol. The fourth-order valence-corrected chi connectivity index (χ4v) is 4.36. The third-order valence-corrected chi connectivity index (χ3v) is 6.05. The lowest BCUT2D eigenvalue weighted by Crippen LogP contribution is -2.60. The summed E-state index contributed by atoms with van der Waals surface area (Å²) in [4.78, 5) is 16.7. The van der Waals surface area contributed by atoms with Gasteiger partial charge in [-0.2, -0.15) is 0 Å².